The first-order chi connectivity index (χ1) is 4.22. The highest BCUT2D eigenvalue weighted by atomic mass is 16.3. The zero-order chi connectivity index (χ0) is 6.85. The minimum absolute atomic E-state index is 0.0822. The number of rotatable bonds is 0. The molecule has 0 aromatic heterocycles. The van der Waals surface area contributed by atoms with E-state index in [0.717, 1.165) is 19.3 Å². The van der Waals surface area contributed by atoms with Gasteiger partial charge in [-0.3, -0.25) is 0 Å². The molecule has 0 amide bonds. The predicted molar refractivity (Wildman–Crippen MR) is 35.0 cm³/mol. The van der Waals surface area contributed by atoms with Crippen LogP contribution in [0.25, 0.3) is 0 Å². The van der Waals surface area contributed by atoms with Gasteiger partial charge in [-0.05, 0) is 19.3 Å². The van der Waals surface area contributed by atoms with E-state index in [1.54, 1.807) is 0 Å². The standard InChI is InChI=1S/C7H14O2/c1-5-6(8)3-2-4-7(5)9/h5-9H,2-4H2,1H3/t5-,6+,7-. The molecule has 0 heterocycles. The maximum Gasteiger partial charge on any atom is 0.0590 e. The van der Waals surface area contributed by atoms with Crippen molar-refractivity contribution < 1.29 is 10.2 Å². The molecule has 0 aromatic carbocycles. The SMILES string of the molecule is C[C@H]1[C@H](O)CCC[C@@H]1O. The van der Waals surface area contributed by atoms with Crippen molar-refractivity contribution in [2.75, 3.05) is 0 Å². The highest BCUT2D eigenvalue weighted by Crippen LogP contribution is 2.23. The zero-order valence-electron chi connectivity index (χ0n) is 5.75. The Morgan fingerprint density at radius 3 is 1.89 bits per heavy atom. The molecule has 54 valence electrons. The van der Waals surface area contributed by atoms with Gasteiger partial charge in [0.05, 0.1) is 12.2 Å². The van der Waals surface area contributed by atoms with Crippen LogP contribution >= 0.6 is 0 Å². The third-order valence-corrected chi connectivity index (χ3v) is 2.21. The van der Waals surface area contributed by atoms with E-state index in [1.807, 2.05) is 6.92 Å². The second kappa shape index (κ2) is 2.67. The maximum atomic E-state index is 9.19. The van der Waals surface area contributed by atoms with Gasteiger partial charge in [-0.15, -0.1) is 0 Å². The lowest BCUT2D eigenvalue weighted by molar-refractivity contribution is -0.0142. The molecule has 3 atom stereocenters. The summed E-state index contributed by atoms with van der Waals surface area (Å²) in [6.45, 7) is 1.90. The Morgan fingerprint density at radius 2 is 1.56 bits per heavy atom. The van der Waals surface area contributed by atoms with E-state index in [9.17, 15) is 10.2 Å². The lowest BCUT2D eigenvalue weighted by atomic mass is 9.86. The van der Waals surface area contributed by atoms with Crippen molar-refractivity contribution in [2.45, 2.75) is 38.4 Å². The number of aliphatic hydroxyl groups is 2. The van der Waals surface area contributed by atoms with Crippen LogP contribution in [0, 0.1) is 5.92 Å². The van der Waals surface area contributed by atoms with Crippen LogP contribution in [0.15, 0.2) is 0 Å². The Morgan fingerprint density at radius 1 is 1.11 bits per heavy atom. The lowest BCUT2D eigenvalue weighted by Gasteiger charge is -2.28. The summed E-state index contributed by atoms with van der Waals surface area (Å²) in [7, 11) is 0. The second-order valence-corrected chi connectivity index (χ2v) is 2.92. The molecular weight excluding hydrogens is 116 g/mol. The van der Waals surface area contributed by atoms with Gasteiger partial charge in [0.25, 0.3) is 0 Å². The maximum absolute atomic E-state index is 9.19. The smallest absolute Gasteiger partial charge is 0.0590 e. The van der Waals surface area contributed by atoms with Gasteiger partial charge >= 0.3 is 0 Å². The van der Waals surface area contributed by atoms with E-state index < -0.39 is 0 Å². The van der Waals surface area contributed by atoms with Crippen molar-refractivity contribution in [1.29, 1.82) is 0 Å². The van der Waals surface area contributed by atoms with Crippen LogP contribution in [-0.2, 0) is 0 Å². The highest BCUT2D eigenvalue weighted by Gasteiger charge is 2.26. The molecule has 1 saturated carbocycles. The van der Waals surface area contributed by atoms with E-state index in [1.165, 1.54) is 0 Å². The average molecular weight is 130 g/mol. The van der Waals surface area contributed by atoms with Crippen LogP contribution in [0.5, 0.6) is 0 Å². The largest absolute Gasteiger partial charge is 0.393 e. The number of hydrogen-bond acceptors (Lipinski definition) is 2. The fourth-order valence-electron chi connectivity index (χ4n) is 1.32. The first-order valence-corrected chi connectivity index (χ1v) is 3.58. The molecule has 9 heavy (non-hydrogen) atoms. The molecule has 0 aromatic rings. The van der Waals surface area contributed by atoms with Gasteiger partial charge in [0.1, 0.15) is 0 Å². The van der Waals surface area contributed by atoms with Crippen molar-refractivity contribution in [3.8, 4) is 0 Å². The Bertz CT molecular complexity index is 82.9. The molecule has 2 heteroatoms. The summed E-state index contributed by atoms with van der Waals surface area (Å²) in [6, 6.07) is 0. The zero-order valence-corrected chi connectivity index (χ0v) is 5.75. The van der Waals surface area contributed by atoms with Gasteiger partial charge in [0, 0.05) is 5.92 Å². The van der Waals surface area contributed by atoms with E-state index in [0.29, 0.717) is 0 Å². The van der Waals surface area contributed by atoms with Crippen LogP contribution in [0.3, 0.4) is 0 Å². The van der Waals surface area contributed by atoms with E-state index >= 15 is 0 Å². The summed E-state index contributed by atoms with van der Waals surface area (Å²) < 4.78 is 0. The van der Waals surface area contributed by atoms with Gasteiger partial charge in [-0.1, -0.05) is 6.92 Å². The van der Waals surface area contributed by atoms with Crippen LogP contribution < -0.4 is 0 Å². The fourth-order valence-corrected chi connectivity index (χ4v) is 1.32. The summed E-state index contributed by atoms with van der Waals surface area (Å²) in [5.41, 5.74) is 0. The molecule has 1 aliphatic rings. The van der Waals surface area contributed by atoms with Gasteiger partial charge in [-0.25, -0.2) is 0 Å². The first kappa shape index (κ1) is 7.03. The van der Waals surface area contributed by atoms with Gasteiger partial charge in [0.2, 0.25) is 0 Å². The van der Waals surface area contributed by atoms with E-state index in [-0.39, 0.29) is 18.1 Å². The van der Waals surface area contributed by atoms with Crippen molar-refractivity contribution >= 4 is 0 Å². The molecule has 0 radical (unpaired) electrons. The fraction of sp³-hybridized carbons (Fsp3) is 1.00. The van der Waals surface area contributed by atoms with Crippen molar-refractivity contribution in [3.05, 3.63) is 0 Å². The van der Waals surface area contributed by atoms with Crippen molar-refractivity contribution in [3.63, 3.8) is 0 Å². The normalized spacial score (nSPS) is 45.0. The van der Waals surface area contributed by atoms with E-state index in [4.69, 9.17) is 0 Å². The van der Waals surface area contributed by atoms with Crippen LogP contribution in [-0.4, -0.2) is 22.4 Å². The molecule has 2 N–H and O–H groups in total. The monoisotopic (exact) mass is 130 g/mol. The van der Waals surface area contributed by atoms with Crippen LogP contribution in [0.1, 0.15) is 26.2 Å². The Labute approximate surface area is 55.5 Å². The Hall–Kier alpha value is -0.0800. The number of aliphatic hydroxyl groups excluding tert-OH is 2. The topological polar surface area (TPSA) is 40.5 Å². The number of hydrogen-bond donors (Lipinski definition) is 2. The van der Waals surface area contributed by atoms with Crippen LogP contribution in [0.4, 0.5) is 0 Å². The minimum atomic E-state index is -0.270. The van der Waals surface area contributed by atoms with Crippen molar-refractivity contribution in [1.82, 2.24) is 0 Å². The third-order valence-electron chi connectivity index (χ3n) is 2.21. The minimum Gasteiger partial charge on any atom is -0.393 e. The molecule has 1 rings (SSSR count). The first-order valence-electron chi connectivity index (χ1n) is 3.58. The Balaban J connectivity index is 2.41. The lowest BCUT2D eigenvalue weighted by Crippen LogP contribution is -2.33. The summed E-state index contributed by atoms with van der Waals surface area (Å²) in [6.07, 6.45) is 2.14. The summed E-state index contributed by atoms with van der Waals surface area (Å²) in [4.78, 5) is 0. The van der Waals surface area contributed by atoms with Crippen molar-refractivity contribution in [2.24, 2.45) is 5.92 Å². The molecule has 2 nitrogen and oxygen atoms in total. The third kappa shape index (κ3) is 1.43. The second-order valence-electron chi connectivity index (χ2n) is 2.92. The quantitative estimate of drug-likeness (QED) is 0.502. The molecule has 1 fully saturated rings. The highest BCUT2D eigenvalue weighted by molar-refractivity contribution is 4.77. The van der Waals surface area contributed by atoms with Gasteiger partial charge < -0.3 is 10.2 Å². The predicted octanol–water partition coefficient (Wildman–Crippen LogP) is 0.528. The molecule has 0 saturated heterocycles. The summed E-state index contributed by atoms with van der Waals surface area (Å²) >= 11 is 0. The molecule has 0 spiro atoms. The molecule has 0 aliphatic heterocycles. The van der Waals surface area contributed by atoms with Gasteiger partial charge in [-0.2, -0.15) is 0 Å². The summed E-state index contributed by atoms with van der Waals surface area (Å²) in [5, 5.41) is 18.4. The molecule has 0 unspecified atom stereocenters. The molecular formula is C7H14O2. The molecule has 1 aliphatic carbocycles. The Kier molecular flexibility index (Phi) is 2.09. The molecule has 0 bridgehead atoms. The summed E-state index contributed by atoms with van der Waals surface area (Å²) in [5.74, 6) is 0.0822. The van der Waals surface area contributed by atoms with Crippen LogP contribution in [0.2, 0.25) is 0 Å². The van der Waals surface area contributed by atoms with Gasteiger partial charge in [0.15, 0.2) is 0 Å². The average Bonchev–Trinajstić information content (AvgIpc) is 1.83. The van der Waals surface area contributed by atoms with E-state index in [2.05, 4.69) is 0 Å².